The first-order valence-corrected chi connectivity index (χ1v) is 3.90. The molecule has 0 spiro atoms. The maximum atomic E-state index is 13.5. The average Bonchev–Trinajstić information content (AvgIpc) is 2.06. The number of alkyl halides is 4. The molecular weight excluding hydrogens is 219 g/mol. The van der Waals surface area contributed by atoms with Crippen molar-refractivity contribution in [1.82, 2.24) is 0 Å². The maximum Gasteiger partial charge on any atom is 0.634 e. The highest BCUT2D eigenvalue weighted by Gasteiger charge is 2.60. The van der Waals surface area contributed by atoms with E-state index in [1.54, 1.807) is 0 Å². The van der Waals surface area contributed by atoms with E-state index in [1.807, 2.05) is 0 Å². The molecule has 0 saturated heterocycles. The molecule has 84 valence electrons. The lowest BCUT2D eigenvalue weighted by molar-refractivity contribution is -0.233. The maximum absolute atomic E-state index is 13.5. The van der Waals surface area contributed by atoms with Gasteiger partial charge in [-0.05, 0) is 6.08 Å². The minimum atomic E-state index is -5.19. The summed E-state index contributed by atoms with van der Waals surface area (Å²) in [6.45, 7) is 0. The minimum Gasteiger partial charge on any atom is -0.402 e. The van der Waals surface area contributed by atoms with Crippen molar-refractivity contribution >= 4 is 7.32 Å². The zero-order valence-electron chi connectivity index (χ0n) is 7.28. The number of halogens is 4. The van der Waals surface area contributed by atoms with Gasteiger partial charge in [-0.1, -0.05) is 18.2 Å². The van der Waals surface area contributed by atoms with E-state index in [-0.39, 0.29) is 6.08 Å². The Kier molecular flexibility index (Phi) is 3.22. The second kappa shape index (κ2) is 3.95. The number of hydrogen-bond donors (Lipinski definition) is 2. The van der Waals surface area contributed by atoms with Gasteiger partial charge in [-0.15, -0.1) is 0 Å². The Hall–Kier alpha value is -0.855. The summed E-state index contributed by atoms with van der Waals surface area (Å²) in [5.74, 6) is 0. The highest BCUT2D eigenvalue weighted by atomic mass is 19.4. The molecule has 0 heterocycles. The lowest BCUT2D eigenvalue weighted by Crippen LogP contribution is -2.52. The molecule has 0 amide bonds. The monoisotopic (exact) mass is 226 g/mol. The first kappa shape index (κ1) is 12.2. The van der Waals surface area contributed by atoms with Crippen LogP contribution >= 0.6 is 0 Å². The summed E-state index contributed by atoms with van der Waals surface area (Å²) in [4.78, 5) is 0. The van der Waals surface area contributed by atoms with Crippen LogP contribution in [0.25, 0.3) is 0 Å². The number of allylic oxidation sites excluding steroid dienone is 2. The van der Waals surface area contributed by atoms with Crippen LogP contribution in [0.5, 0.6) is 0 Å². The first-order valence-electron chi connectivity index (χ1n) is 3.90. The van der Waals surface area contributed by atoms with E-state index in [0.717, 1.165) is 18.2 Å². The second-order valence-electron chi connectivity index (χ2n) is 2.89. The van der Waals surface area contributed by atoms with Gasteiger partial charge in [0.15, 0.2) is 0 Å². The van der Waals surface area contributed by atoms with Crippen molar-refractivity contribution < 1.29 is 32.3 Å². The fraction of sp³-hybridized carbons (Fsp3) is 0.429. The van der Waals surface area contributed by atoms with Crippen LogP contribution in [0, 0.1) is 0 Å². The lowest BCUT2D eigenvalue weighted by Gasteiger charge is -2.32. The Morgan fingerprint density at radius 2 is 1.87 bits per heavy atom. The van der Waals surface area contributed by atoms with Gasteiger partial charge >= 0.3 is 13.5 Å². The van der Waals surface area contributed by atoms with Crippen LogP contribution in [0.2, 0.25) is 0 Å². The Balaban J connectivity index is 2.94. The van der Waals surface area contributed by atoms with Crippen molar-refractivity contribution in [1.29, 1.82) is 0 Å². The largest absolute Gasteiger partial charge is 0.634 e. The summed E-state index contributed by atoms with van der Waals surface area (Å²) in [5.41, 5.74) is -3.74. The molecule has 0 bridgehead atoms. The quantitative estimate of drug-likeness (QED) is 0.539. The van der Waals surface area contributed by atoms with Crippen LogP contribution in [0.4, 0.5) is 17.6 Å². The van der Waals surface area contributed by atoms with Gasteiger partial charge in [-0.2, -0.15) is 13.2 Å². The van der Waals surface area contributed by atoms with Crippen LogP contribution in [0.15, 0.2) is 24.3 Å². The molecule has 0 aromatic heterocycles. The molecule has 0 fully saturated rings. The van der Waals surface area contributed by atoms with E-state index in [1.165, 1.54) is 0 Å². The summed E-state index contributed by atoms with van der Waals surface area (Å²) in [5, 5.41) is 16.7. The molecule has 2 unspecified atom stereocenters. The normalized spacial score (nSPS) is 30.7. The van der Waals surface area contributed by atoms with Gasteiger partial charge in [0.25, 0.3) is 5.67 Å². The Morgan fingerprint density at radius 1 is 1.27 bits per heavy atom. The smallest absolute Gasteiger partial charge is 0.402 e. The van der Waals surface area contributed by atoms with Crippen molar-refractivity contribution in [3.63, 3.8) is 0 Å². The van der Waals surface area contributed by atoms with Gasteiger partial charge in [0, 0.05) is 0 Å². The van der Waals surface area contributed by atoms with Crippen molar-refractivity contribution in [3.05, 3.63) is 24.3 Å². The van der Waals surface area contributed by atoms with E-state index in [9.17, 15) is 17.6 Å². The molecule has 15 heavy (non-hydrogen) atoms. The molecular formula is C7H7BF4O3. The molecule has 1 aliphatic carbocycles. The van der Waals surface area contributed by atoms with Gasteiger partial charge in [0.05, 0.1) is 0 Å². The predicted molar refractivity (Wildman–Crippen MR) is 43.2 cm³/mol. The second-order valence-corrected chi connectivity index (χ2v) is 2.89. The molecule has 0 aliphatic heterocycles. The summed E-state index contributed by atoms with van der Waals surface area (Å²) < 4.78 is 54.5. The summed E-state index contributed by atoms with van der Waals surface area (Å²) in [6, 6.07) is 0. The SMILES string of the molecule is OB(O)OC1C=CC=CC1(F)C(F)(F)F. The number of hydrogen-bond acceptors (Lipinski definition) is 3. The molecule has 2 atom stereocenters. The fourth-order valence-electron chi connectivity index (χ4n) is 1.13. The van der Waals surface area contributed by atoms with E-state index in [4.69, 9.17) is 10.0 Å². The van der Waals surface area contributed by atoms with Gasteiger partial charge in [-0.25, -0.2) is 4.39 Å². The third-order valence-corrected chi connectivity index (χ3v) is 1.85. The van der Waals surface area contributed by atoms with Crippen LogP contribution in [-0.4, -0.2) is 35.3 Å². The van der Waals surface area contributed by atoms with Crippen LogP contribution in [-0.2, 0) is 4.65 Å². The van der Waals surface area contributed by atoms with Gasteiger partial charge in [-0.3, -0.25) is 0 Å². The topological polar surface area (TPSA) is 49.7 Å². The fourth-order valence-corrected chi connectivity index (χ4v) is 1.13. The zero-order chi connectivity index (χ0) is 11.7. The third kappa shape index (κ3) is 2.39. The van der Waals surface area contributed by atoms with Crippen molar-refractivity contribution in [2.45, 2.75) is 17.9 Å². The lowest BCUT2D eigenvalue weighted by atomic mass is 9.92. The van der Waals surface area contributed by atoms with Crippen molar-refractivity contribution in [2.24, 2.45) is 0 Å². The molecule has 2 N–H and O–H groups in total. The molecule has 1 rings (SSSR count). The van der Waals surface area contributed by atoms with Crippen molar-refractivity contribution in [2.75, 3.05) is 0 Å². The molecule has 3 nitrogen and oxygen atoms in total. The molecule has 0 aromatic carbocycles. The van der Waals surface area contributed by atoms with Crippen molar-refractivity contribution in [3.8, 4) is 0 Å². The minimum absolute atomic E-state index is 0.264. The predicted octanol–water partition coefficient (Wildman–Crippen LogP) is 0.738. The summed E-state index contributed by atoms with van der Waals surface area (Å²) in [6.07, 6.45) is -4.28. The van der Waals surface area contributed by atoms with Gasteiger partial charge in [0.1, 0.15) is 6.10 Å². The third-order valence-electron chi connectivity index (χ3n) is 1.85. The summed E-state index contributed by atoms with van der Waals surface area (Å²) >= 11 is 0. The summed E-state index contributed by atoms with van der Waals surface area (Å²) in [7, 11) is -2.47. The first-order chi connectivity index (χ1) is 6.77. The molecule has 0 aromatic rings. The van der Waals surface area contributed by atoms with E-state index in [2.05, 4.69) is 4.65 Å². The molecule has 8 heteroatoms. The Labute approximate surface area is 82.8 Å². The standard InChI is InChI=1S/C7H7BF4O3/c9-6(7(10,11)12)4-2-1-3-5(6)15-8(13)14/h1-5,13-14H. The number of rotatable bonds is 2. The Bertz CT molecular complexity index is 288. The molecule has 0 saturated carbocycles. The molecule has 0 radical (unpaired) electrons. The zero-order valence-corrected chi connectivity index (χ0v) is 7.28. The Morgan fingerprint density at radius 3 is 2.33 bits per heavy atom. The van der Waals surface area contributed by atoms with E-state index in [0.29, 0.717) is 0 Å². The van der Waals surface area contributed by atoms with E-state index >= 15 is 0 Å². The van der Waals surface area contributed by atoms with Crippen LogP contribution < -0.4 is 0 Å². The van der Waals surface area contributed by atoms with Gasteiger partial charge < -0.3 is 14.7 Å². The molecule has 1 aliphatic rings. The van der Waals surface area contributed by atoms with Crippen LogP contribution in [0.1, 0.15) is 0 Å². The average molecular weight is 226 g/mol. The van der Waals surface area contributed by atoms with Crippen LogP contribution in [0.3, 0.4) is 0 Å². The highest BCUT2D eigenvalue weighted by molar-refractivity contribution is 6.32. The highest BCUT2D eigenvalue weighted by Crippen LogP contribution is 2.41. The van der Waals surface area contributed by atoms with Gasteiger partial charge in [0.2, 0.25) is 0 Å². The van der Waals surface area contributed by atoms with E-state index < -0.39 is 25.3 Å².